The highest BCUT2D eigenvalue weighted by Gasteiger charge is 2.17. The number of aromatic nitrogens is 1. The van der Waals surface area contributed by atoms with Crippen molar-refractivity contribution in [1.82, 2.24) is 4.98 Å². The number of pyridine rings is 1. The normalized spacial score (nSPS) is 11.9. The third-order valence-corrected chi connectivity index (χ3v) is 14.1. The predicted molar refractivity (Wildman–Crippen MR) is 282 cm³/mol. The fourth-order valence-electron chi connectivity index (χ4n) is 11.0. The third kappa shape index (κ3) is 5.77. The Kier molecular flexibility index (Phi) is 8.05. The van der Waals surface area contributed by atoms with Crippen LogP contribution >= 0.6 is 0 Å². The highest BCUT2D eigenvalue weighted by Crippen LogP contribution is 2.43. The van der Waals surface area contributed by atoms with Crippen LogP contribution in [0, 0.1) is 0 Å². The van der Waals surface area contributed by atoms with E-state index in [2.05, 4.69) is 237 Å². The molecule has 0 radical (unpaired) electrons. The lowest BCUT2D eigenvalue weighted by atomic mass is 9.89. The minimum Gasteiger partial charge on any atom is -0.248 e. The predicted octanol–water partition coefficient (Wildman–Crippen LogP) is 18.0. The zero-order valence-electron chi connectivity index (χ0n) is 36.0. The molecule has 0 amide bonds. The van der Waals surface area contributed by atoms with Gasteiger partial charge in [0.15, 0.2) is 0 Å². The van der Waals surface area contributed by atoms with Crippen molar-refractivity contribution in [2.75, 3.05) is 0 Å². The Morgan fingerprint density at radius 1 is 0.212 bits per heavy atom. The van der Waals surface area contributed by atoms with Crippen molar-refractivity contribution in [2.45, 2.75) is 0 Å². The largest absolute Gasteiger partial charge is 0.248 e. The molecule has 0 bridgehead atoms. The lowest BCUT2D eigenvalue weighted by Crippen LogP contribution is -1.92. The minimum atomic E-state index is 0.954. The van der Waals surface area contributed by atoms with Gasteiger partial charge in [-0.1, -0.05) is 200 Å². The van der Waals surface area contributed by atoms with Crippen molar-refractivity contribution in [2.24, 2.45) is 0 Å². The molecule has 13 aromatic carbocycles. The summed E-state index contributed by atoms with van der Waals surface area (Å²) < 4.78 is 0. The summed E-state index contributed by atoms with van der Waals surface area (Å²) in [5.41, 5.74) is 15.0. The zero-order chi connectivity index (χ0) is 43.3. The molecule has 0 unspecified atom stereocenters. The molecular weight excluding hydrogens is 795 g/mol. The van der Waals surface area contributed by atoms with Gasteiger partial charge in [-0.2, -0.15) is 0 Å². The molecular formula is C65H39N. The Bertz CT molecular complexity index is 4190. The molecule has 0 aliphatic heterocycles. The zero-order valence-corrected chi connectivity index (χ0v) is 36.0. The molecule has 1 heteroatoms. The second-order valence-corrected chi connectivity index (χ2v) is 17.8. The topological polar surface area (TPSA) is 12.9 Å². The lowest BCUT2D eigenvalue weighted by Gasteiger charge is -2.15. The van der Waals surface area contributed by atoms with Crippen molar-refractivity contribution >= 4 is 75.5 Å². The van der Waals surface area contributed by atoms with E-state index in [0.717, 1.165) is 27.7 Å². The molecule has 1 aromatic heterocycles. The number of fused-ring (bicyclic) bond motifs is 1. The van der Waals surface area contributed by atoms with Gasteiger partial charge in [0.2, 0.25) is 0 Å². The Hall–Kier alpha value is -8.65. The van der Waals surface area contributed by atoms with Crippen molar-refractivity contribution in [3.05, 3.63) is 237 Å². The molecule has 0 N–H and O–H groups in total. The van der Waals surface area contributed by atoms with E-state index in [9.17, 15) is 0 Å². The van der Waals surface area contributed by atoms with Gasteiger partial charge in [-0.25, -0.2) is 4.98 Å². The summed E-state index contributed by atoms with van der Waals surface area (Å²) in [6, 6.07) is 87.2. The van der Waals surface area contributed by atoms with Gasteiger partial charge >= 0.3 is 0 Å². The van der Waals surface area contributed by atoms with Gasteiger partial charge in [-0.15, -0.1) is 0 Å². The molecule has 1 heterocycles. The van der Waals surface area contributed by atoms with Crippen LogP contribution in [0.2, 0.25) is 0 Å². The SMILES string of the molecule is c1ccc(-c2cc(-c3cccc(-c4cccc(-c5ccc6ccc7cccc8ccc5c6c78)c4)c3)nc3ccc(-c4cccc(-c5ccc6ccc7cccc8ccc5c6c78)c4)cc23)cc1. The maximum Gasteiger partial charge on any atom is 0.0716 e. The summed E-state index contributed by atoms with van der Waals surface area (Å²) in [6.07, 6.45) is 0. The fourth-order valence-corrected chi connectivity index (χ4v) is 11.0. The van der Waals surface area contributed by atoms with E-state index in [1.54, 1.807) is 0 Å². The minimum absolute atomic E-state index is 0.954. The van der Waals surface area contributed by atoms with Crippen molar-refractivity contribution in [1.29, 1.82) is 0 Å². The first-order chi connectivity index (χ1) is 32.7. The van der Waals surface area contributed by atoms with E-state index in [4.69, 9.17) is 4.98 Å². The monoisotopic (exact) mass is 833 g/mol. The van der Waals surface area contributed by atoms with Crippen LogP contribution in [-0.2, 0) is 0 Å². The molecule has 0 saturated heterocycles. The van der Waals surface area contributed by atoms with Gasteiger partial charge in [-0.3, -0.25) is 0 Å². The van der Waals surface area contributed by atoms with E-state index in [1.165, 1.54) is 115 Å². The molecule has 1 nitrogen and oxygen atoms in total. The number of rotatable bonds is 6. The van der Waals surface area contributed by atoms with Crippen LogP contribution < -0.4 is 0 Å². The number of hydrogen-bond donors (Lipinski definition) is 0. The fraction of sp³-hybridized carbons (Fsp3) is 0. The summed E-state index contributed by atoms with van der Waals surface area (Å²) in [5, 5.41) is 16.8. The van der Waals surface area contributed by atoms with Crippen LogP contribution in [0.15, 0.2) is 237 Å². The summed E-state index contributed by atoms with van der Waals surface area (Å²) in [4.78, 5) is 5.38. The average molecular weight is 834 g/mol. The average Bonchev–Trinajstić information content (AvgIpc) is 3.39. The Labute approximate surface area is 382 Å². The van der Waals surface area contributed by atoms with Crippen molar-refractivity contribution in [3.8, 4) is 66.9 Å². The van der Waals surface area contributed by atoms with Gasteiger partial charge < -0.3 is 0 Å². The van der Waals surface area contributed by atoms with Crippen LogP contribution in [0.5, 0.6) is 0 Å². The van der Waals surface area contributed by atoms with Gasteiger partial charge in [-0.05, 0) is 157 Å². The molecule has 0 aliphatic rings. The Balaban J connectivity index is 0.851. The number of nitrogens with zero attached hydrogens (tertiary/aromatic N) is 1. The summed E-state index contributed by atoms with van der Waals surface area (Å²) in [7, 11) is 0. The van der Waals surface area contributed by atoms with Crippen LogP contribution in [0.1, 0.15) is 0 Å². The first kappa shape index (κ1) is 36.8. The van der Waals surface area contributed by atoms with Crippen LogP contribution in [0.25, 0.3) is 142 Å². The van der Waals surface area contributed by atoms with E-state index in [-0.39, 0.29) is 0 Å². The van der Waals surface area contributed by atoms with Crippen LogP contribution in [0.4, 0.5) is 0 Å². The second kappa shape index (κ2) is 14.4. The first-order valence-electron chi connectivity index (χ1n) is 22.8. The molecule has 14 rings (SSSR count). The summed E-state index contributed by atoms with van der Waals surface area (Å²) in [6.45, 7) is 0. The summed E-state index contributed by atoms with van der Waals surface area (Å²) in [5.74, 6) is 0. The molecule has 66 heavy (non-hydrogen) atoms. The highest BCUT2D eigenvalue weighted by molar-refractivity contribution is 6.26. The molecule has 304 valence electrons. The Morgan fingerprint density at radius 2 is 0.621 bits per heavy atom. The molecule has 14 aromatic rings. The third-order valence-electron chi connectivity index (χ3n) is 14.1. The van der Waals surface area contributed by atoms with Gasteiger partial charge in [0.25, 0.3) is 0 Å². The van der Waals surface area contributed by atoms with Crippen LogP contribution in [-0.4, -0.2) is 4.98 Å². The number of hydrogen-bond acceptors (Lipinski definition) is 1. The van der Waals surface area contributed by atoms with E-state index in [0.29, 0.717) is 0 Å². The molecule has 0 aliphatic carbocycles. The molecule has 0 atom stereocenters. The quantitative estimate of drug-likeness (QED) is 0.152. The van der Waals surface area contributed by atoms with Gasteiger partial charge in [0.05, 0.1) is 11.2 Å². The standard InChI is InChI=1S/C65H39N/c1-2-9-40(10-3-1)58-39-61(53-20-8-17-49(37-53)47-15-6-18-51(35-47)54-30-25-45-23-21-41-11-4-13-43-27-32-56(54)64(45)62(41)43)66-60-34-29-50(38-59(58)60)48-16-7-19-52(36-48)55-31-26-46-24-22-42-12-5-14-44-28-33-57(55)65(46)63(42)44/h1-39H. The van der Waals surface area contributed by atoms with E-state index in [1.807, 2.05) is 0 Å². The maximum atomic E-state index is 5.38. The van der Waals surface area contributed by atoms with E-state index >= 15 is 0 Å². The summed E-state index contributed by atoms with van der Waals surface area (Å²) >= 11 is 0. The molecule has 0 fully saturated rings. The second-order valence-electron chi connectivity index (χ2n) is 17.8. The highest BCUT2D eigenvalue weighted by atomic mass is 14.7. The van der Waals surface area contributed by atoms with E-state index < -0.39 is 0 Å². The molecule has 0 saturated carbocycles. The maximum absolute atomic E-state index is 5.38. The van der Waals surface area contributed by atoms with Crippen molar-refractivity contribution in [3.63, 3.8) is 0 Å². The molecule has 0 spiro atoms. The Morgan fingerprint density at radius 3 is 1.17 bits per heavy atom. The first-order valence-corrected chi connectivity index (χ1v) is 22.8. The van der Waals surface area contributed by atoms with Crippen LogP contribution in [0.3, 0.4) is 0 Å². The van der Waals surface area contributed by atoms with Gasteiger partial charge in [0.1, 0.15) is 0 Å². The van der Waals surface area contributed by atoms with Crippen molar-refractivity contribution < 1.29 is 0 Å². The number of benzene rings is 13. The van der Waals surface area contributed by atoms with Gasteiger partial charge in [0, 0.05) is 10.9 Å². The lowest BCUT2D eigenvalue weighted by molar-refractivity contribution is 1.40. The smallest absolute Gasteiger partial charge is 0.0716 e.